The Hall–Kier alpha value is -0.260. The Kier molecular flexibility index (Phi) is 7.63. The molecule has 0 unspecified atom stereocenters. The van der Waals surface area contributed by atoms with Gasteiger partial charge in [0.15, 0.2) is 0 Å². The lowest BCUT2D eigenvalue weighted by atomic mass is 10.3. The summed E-state index contributed by atoms with van der Waals surface area (Å²) in [6.07, 6.45) is 3.90. The van der Waals surface area contributed by atoms with Crippen LogP contribution in [0, 0.1) is 0 Å². The number of hydrogen-bond acceptors (Lipinski definition) is 4. The number of morpholine rings is 1. The first-order valence-electron chi connectivity index (χ1n) is 5.90. The van der Waals surface area contributed by atoms with Gasteiger partial charge in [-0.2, -0.15) is 11.8 Å². The van der Waals surface area contributed by atoms with Crippen LogP contribution in [0.5, 0.6) is 0 Å². The maximum atomic E-state index is 11.7. The van der Waals surface area contributed by atoms with Gasteiger partial charge in [-0.3, -0.25) is 4.79 Å². The molecule has 1 rings (SSSR count). The lowest BCUT2D eigenvalue weighted by molar-refractivity contribution is -0.135. The minimum absolute atomic E-state index is 0.251. The lowest BCUT2D eigenvalue weighted by Crippen LogP contribution is -2.41. The van der Waals surface area contributed by atoms with Crippen LogP contribution < -0.4 is 5.32 Å². The number of thioether (sulfide) groups is 1. The van der Waals surface area contributed by atoms with Crippen molar-refractivity contribution >= 4 is 17.7 Å². The van der Waals surface area contributed by atoms with E-state index < -0.39 is 0 Å². The van der Waals surface area contributed by atoms with E-state index in [2.05, 4.69) is 11.6 Å². The topological polar surface area (TPSA) is 41.6 Å². The molecule has 1 heterocycles. The molecule has 1 saturated heterocycles. The third kappa shape index (κ3) is 5.72. The van der Waals surface area contributed by atoms with Crippen LogP contribution in [0.3, 0.4) is 0 Å². The van der Waals surface area contributed by atoms with Gasteiger partial charge in [-0.15, -0.1) is 0 Å². The van der Waals surface area contributed by atoms with Crippen molar-refractivity contribution in [3.05, 3.63) is 0 Å². The molecule has 16 heavy (non-hydrogen) atoms. The Balaban J connectivity index is 1.97. The third-order valence-electron chi connectivity index (χ3n) is 2.58. The molecule has 0 aromatic carbocycles. The van der Waals surface area contributed by atoms with Gasteiger partial charge in [0.25, 0.3) is 0 Å². The molecule has 0 aromatic rings. The average Bonchev–Trinajstić information content (AvgIpc) is 2.34. The van der Waals surface area contributed by atoms with E-state index in [9.17, 15) is 4.79 Å². The Morgan fingerprint density at radius 3 is 2.81 bits per heavy atom. The molecule has 1 aliphatic heterocycles. The van der Waals surface area contributed by atoms with E-state index in [0.29, 0.717) is 19.6 Å². The van der Waals surface area contributed by atoms with Gasteiger partial charge in [0.05, 0.1) is 13.2 Å². The average molecular weight is 246 g/mol. The summed E-state index contributed by atoms with van der Waals surface area (Å²) in [5.74, 6) is 1.44. The highest BCUT2D eigenvalue weighted by molar-refractivity contribution is 7.98. The first kappa shape index (κ1) is 13.8. The van der Waals surface area contributed by atoms with Crippen molar-refractivity contribution in [1.29, 1.82) is 0 Å². The van der Waals surface area contributed by atoms with Crippen LogP contribution in [0.25, 0.3) is 0 Å². The zero-order valence-corrected chi connectivity index (χ0v) is 10.9. The van der Waals surface area contributed by atoms with E-state index in [-0.39, 0.29) is 5.91 Å². The zero-order chi connectivity index (χ0) is 11.6. The number of nitrogens with one attached hydrogen (secondary N) is 1. The maximum Gasteiger partial charge on any atom is 0.224 e. The van der Waals surface area contributed by atoms with Gasteiger partial charge in [-0.25, -0.2) is 0 Å². The van der Waals surface area contributed by atoms with Gasteiger partial charge in [0.1, 0.15) is 0 Å². The van der Waals surface area contributed by atoms with Crippen LogP contribution in [0.15, 0.2) is 0 Å². The van der Waals surface area contributed by atoms with Crippen molar-refractivity contribution in [3.63, 3.8) is 0 Å². The Morgan fingerprint density at radius 2 is 2.12 bits per heavy atom. The molecule has 94 valence electrons. The molecule has 0 spiro atoms. The van der Waals surface area contributed by atoms with Crippen LogP contribution >= 0.6 is 11.8 Å². The number of amides is 1. The van der Waals surface area contributed by atoms with E-state index in [1.54, 1.807) is 0 Å². The van der Waals surface area contributed by atoms with Crippen LogP contribution in [-0.4, -0.2) is 62.2 Å². The van der Waals surface area contributed by atoms with Crippen molar-refractivity contribution in [2.24, 2.45) is 0 Å². The molecule has 0 aromatic heterocycles. The highest BCUT2D eigenvalue weighted by Crippen LogP contribution is 1.99. The number of carbonyl (C=O) groups excluding carboxylic acids is 1. The quantitative estimate of drug-likeness (QED) is 0.667. The molecule has 1 N–H and O–H groups in total. The molecule has 5 heteroatoms. The maximum absolute atomic E-state index is 11.7. The monoisotopic (exact) mass is 246 g/mol. The smallest absolute Gasteiger partial charge is 0.224 e. The highest BCUT2D eigenvalue weighted by Gasteiger charge is 2.15. The zero-order valence-electron chi connectivity index (χ0n) is 10.0. The predicted octanol–water partition coefficient (Wildman–Crippen LogP) is 0.578. The molecule has 0 bridgehead atoms. The summed E-state index contributed by atoms with van der Waals surface area (Å²) in [7, 11) is 0. The van der Waals surface area contributed by atoms with Gasteiger partial charge in [0.2, 0.25) is 5.91 Å². The summed E-state index contributed by atoms with van der Waals surface area (Å²) >= 11 is 1.86. The fourth-order valence-electron chi connectivity index (χ4n) is 1.63. The minimum atomic E-state index is 0.251. The summed E-state index contributed by atoms with van der Waals surface area (Å²) in [5, 5.41) is 3.30. The van der Waals surface area contributed by atoms with Crippen molar-refractivity contribution in [2.45, 2.75) is 12.8 Å². The van der Waals surface area contributed by atoms with Crippen molar-refractivity contribution in [1.82, 2.24) is 10.2 Å². The summed E-state index contributed by atoms with van der Waals surface area (Å²) in [4.78, 5) is 13.6. The van der Waals surface area contributed by atoms with Crippen molar-refractivity contribution < 1.29 is 9.53 Å². The summed E-state index contributed by atoms with van der Waals surface area (Å²) in [6.45, 7) is 4.69. The number of rotatable bonds is 7. The van der Waals surface area contributed by atoms with Crippen molar-refractivity contribution in [3.8, 4) is 0 Å². The summed E-state index contributed by atoms with van der Waals surface area (Å²) in [6, 6.07) is 0. The van der Waals surface area contributed by atoms with Gasteiger partial charge < -0.3 is 15.0 Å². The SMILES string of the molecule is CSCCCNCCC(=O)N1CCOCC1. The van der Waals surface area contributed by atoms with E-state index >= 15 is 0 Å². The second-order valence-corrected chi connectivity index (χ2v) is 4.83. The van der Waals surface area contributed by atoms with E-state index in [1.807, 2.05) is 16.7 Å². The summed E-state index contributed by atoms with van der Waals surface area (Å²) < 4.78 is 5.21. The lowest BCUT2D eigenvalue weighted by Gasteiger charge is -2.26. The molecule has 1 amide bonds. The fraction of sp³-hybridized carbons (Fsp3) is 0.909. The molecule has 0 saturated carbocycles. The fourth-order valence-corrected chi connectivity index (χ4v) is 2.07. The number of nitrogens with zero attached hydrogens (tertiary/aromatic N) is 1. The second kappa shape index (κ2) is 8.84. The molecule has 0 radical (unpaired) electrons. The standard InChI is InChI=1S/C11H22N2O2S/c1-16-10-2-4-12-5-3-11(14)13-6-8-15-9-7-13/h12H,2-10H2,1H3. The Morgan fingerprint density at radius 1 is 1.38 bits per heavy atom. The van der Waals surface area contributed by atoms with Crippen LogP contribution in [-0.2, 0) is 9.53 Å². The Labute approximate surface area is 102 Å². The highest BCUT2D eigenvalue weighted by atomic mass is 32.2. The first-order chi connectivity index (χ1) is 7.84. The van der Waals surface area contributed by atoms with Crippen molar-refractivity contribution in [2.75, 3.05) is 51.4 Å². The van der Waals surface area contributed by atoms with Gasteiger partial charge in [-0.1, -0.05) is 0 Å². The number of hydrogen-bond donors (Lipinski definition) is 1. The van der Waals surface area contributed by atoms with Gasteiger partial charge in [0, 0.05) is 26.1 Å². The number of carbonyl (C=O) groups is 1. The third-order valence-corrected chi connectivity index (χ3v) is 3.28. The minimum Gasteiger partial charge on any atom is -0.378 e. The first-order valence-corrected chi connectivity index (χ1v) is 7.29. The van der Waals surface area contributed by atoms with Crippen LogP contribution in [0.2, 0.25) is 0 Å². The largest absolute Gasteiger partial charge is 0.378 e. The molecule has 1 aliphatic rings. The molecule has 1 fully saturated rings. The van der Waals surface area contributed by atoms with Gasteiger partial charge >= 0.3 is 0 Å². The van der Waals surface area contributed by atoms with E-state index in [0.717, 1.165) is 26.2 Å². The van der Waals surface area contributed by atoms with Crippen LogP contribution in [0.4, 0.5) is 0 Å². The number of ether oxygens (including phenoxy) is 1. The Bertz CT molecular complexity index is 196. The molecule has 4 nitrogen and oxygen atoms in total. The molecule has 0 atom stereocenters. The molecule has 0 aliphatic carbocycles. The normalized spacial score (nSPS) is 16.4. The van der Waals surface area contributed by atoms with E-state index in [1.165, 1.54) is 12.2 Å². The molecular formula is C11H22N2O2S. The second-order valence-electron chi connectivity index (χ2n) is 3.84. The van der Waals surface area contributed by atoms with Crippen LogP contribution in [0.1, 0.15) is 12.8 Å². The van der Waals surface area contributed by atoms with Gasteiger partial charge in [-0.05, 0) is 25.0 Å². The van der Waals surface area contributed by atoms with E-state index in [4.69, 9.17) is 4.74 Å². The predicted molar refractivity (Wildman–Crippen MR) is 67.9 cm³/mol. The summed E-state index contributed by atoms with van der Waals surface area (Å²) in [5.41, 5.74) is 0. The molecular weight excluding hydrogens is 224 g/mol.